The molecule has 0 fully saturated rings. The van der Waals surface area contributed by atoms with Gasteiger partial charge in [0, 0.05) is 19.0 Å². The second-order valence-corrected chi connectivity index (χ2v) is 5.93. The predicted molar refractivity (Wildman–Crippen MR) is 73.9 cm³/mol. The van der Waals surface area contributed by atoms with Gasteiger partial charge in [-0.2, -0.15) is 5.26 Å². The highest BCUT2D eigenvalue weighted by Crippen LogP contribution is 2.20. The normalized spacial score (nSPS) is 12.1. The van der Waals surface area contributed by atoms with Gasteiger partial charge in [-0.25, -0.2) is 0 Å². The molecule has 0 amide bonds. The van der Waals surface area contributed by atoms with Crippen LogP contribution >= 0.6 is 0 Å². The highest BCUT2D eigenvalue weighted by molar-refractivity contribution is 4.78. The largest absolute Gasteiger partial charge is 0.316 e. The standard InChI is InChI=1S/C14H29N3/c1-13(2)17(5)11-7-10-16-12-14(3,4)8-6-9-15/h13,16H,6-8,10-12H2,1-5H3. The topological polar surface area (TPSA) is 39.1 Å². The summed E-state index contributed by atoms with van der Waals surface area (Å²) in [6.07, 6.45) is 2.82. The van der Waals surface area contributed by atoms with E-state index < -0.39 is 0 Å². The summed E-state index contributed by atoms with van der Waals surface area (Å²) in [4.78, 5) is 2.36. The van der Waals surface area contributed by atoms with E-state index in [1.54, 1.807) is 0 Å². The van der Waals surface area contributed by atoms with E-state index in [1.807, 2.05) is 0 Å². The summed E-state index contributed by atoms with van der Waals surface area (Å²) >= 11 is 0. The lowest BCUT2D eigenvalue weighted by Crippen LogP contribution is -2.33. The van der Waals surface area contributed by atoms with Crippen molar-refractivity contribution in [2.75, 3.05) is 26.7 Å². The molecule has 0 spiro atoms. The van der Waals surface area contributed by atoms with Crippen molar-refractivity contribution in [3.05, 3.63) is 0 Å². The molecular formula is C14H29N3. The van der Waals surface area contributed by atoms with Crippen LogP contribution in [0.2, 0.25) is 0 Å². The van der Waals surface area contributed by atoms with E-state index in [0.717, 1.165) is 26.1 Å². The van der Waals surface area contributed by atoms with Crippen LogP contribution in [0, 0.1) is 16.7 Å². The molecule has 1 N–H and O–H groups in total. The van der Waals surface area contributed by atoms with Gasteiger partial charge in [0.15, 0.2) is 0 Å². The zero-order valence-electron chi connectivity index (χ0n) is 12.2. The molecule has 0 rings (SSSR count). The van der Waals surface area contributed by atoms with Gasteiger partial charge >= 0.3 is 0 Å². The number of hydrogen-bond acceptors (Lipinski definition) is 3. The van der Waals surface area contributed by atoms with Crippen LogP contribution in [-0.2, 0) is 0 Å². The zero-order chi connectivity index (χ0) is 13.3. The van der Waals surface area contributed by atoms with E-state index in [-0.39, 0.29) is 5.41 Å². The molecule has 3 heteroatoms. The molecule has 0 aliphatic rings. The SMILES string of the molecule is CC(C)N(C)CCCNCC(C)(C)CCC#N. The van der Waals surface area contributed by atoms with Crippen molar-refractivity contribution in [2.45, 2.75) is 53.0 Å². The predicted octanol–water partition coefficient (Wildman–Crippen LogP) is 2.64. The minimum atomic E-state index is 0.236. The van der Waals surface area contributed by atoms with E-state index in [0.29, 0.717) is 12.5 Å². The molecule has 0 bridgehead atoms. The second kappa shape index (κ2) is 8.49. The third-order valence-electron chi connectivity index (χ3n) is 3.26. The van der Waals surface area contributed by atoms with Gasteiger partial charge in [-0.05, 0) is 52.2 Å². The molecule has 0 atom stereocenters. The number of nitriles is 1. The van der Waals surface area contributed by atoms with Gasteiger partial charge in [0.05, 0.1) is 6.07 Å². The Morgan fingerprint density at radius 1 is 1.35 bits per heavy atom. The summed E-state index contributed by atoms with van der Waals surface area (Å²) in [6, 6.07) is 2.85. The van der Waals surface area contributed by atoms with Crippen LogP contribution in [0.15, 0.2) is 0 Å². The highest BCUT2D eigenvalue weighted by atomic mass is 15.1. The summed E-state index contributed by atoms with van der Waals surface area (Å²) in [7, 11) is 2.17. The molecular weight excluding hydrogens is 210 g/mol. The van der Waals surface area contributed by atoms with Crippen LogP contribution in [0.5, 0.6) is 0 Å². The lowest BCUT2D eigenvalue weighted by Gasteiger charge is -2.25. The Balaban J connectivity index is 3.54. The summed E-state index contributed by atoms with van der Waals surface area (Å²) in [5, 5.41) is 12.1. The average molecular weight is 239 g/mol. The first-order valence-electron chi connectivity index (χ1n) is 6.67. The average Bonchev–Trinajstić information content (AvgIpc) is 2.25. The van der Waals surface area contributed by atoms with Crippen LogP contribution in [0.1, 0.15) is 47.0 Å². The highest BCUT2D eigenvalue weighted by Gasteiger charge is 2.16. The first-order chi connectivity index (χ1) is 7.89. The third-order valence-corrected chi connectivity index (χ3v) is 3.26. The number of nitrogens with one attached hydrogen (secondary N) is 1. The first-order valence-corrected chi connectivity index (χ1v) is 6.67. The van der Waals surface area contributed by atoms with Crippen molar-refractivity contribution in [3.8, 4) is 6.07 Å². The number of hydrogen-bond donors (Lipinski definition) is 1. The van der Waals surface area contributed by atoms with Gasteiger partial charge in [0.2, 0.25) is 0 Å². The van der Waals surface area contributed by atoms with Gasteiger partial charge < -0.3 is 10.2 Å². The monoisotopic (exact) mass is 239 g/mol. The van der Waals surface area contributed by atoms with E-state index >= 15 is 0 Å². The Morgan fingerprint density at radius 3 is 2.53 bits per heavy atom. The van der Waals surface area contributed by atoms with E-state index in [1.165, 1.54) is 6.42 Å². The molecule has 0 aliphatic carbocycles. The Labute approximate surface area is 107 Å². The fourth-order valence-electron chi connectivity index (χ4n) is 1.62. The summed E-state index contributed by atoms with van der Waals surface area (Å²) in [5.41, 5.74) is 0.236. The zero-order valence-corrected chi connectivity index (χ0v) is 12.2. The minimum absolute atomic E-state index is 0.236. The van der Waals surface area contributed by atoms with Crippen molar-refractivity contribution in [1.82, 2.24) is 10.2 Å². The Hall–Kier alpha value is -0.590. The van der Waals surface area contributed by atoms with Gasteiger partial charge in [-0.15, -0.1) is 0 Å². The van der Waals surface area contributed by atoms with Crippen LogP contribution < -0.4 is 5.32 Å². The molecule has 3 nitrogen and oxygen atoms in total. The van der Waals surface area contributed by atoms with Crippen LogP contribution in [0.3, 0.4) is 0 Å². The molecule has 0 aromatic carbocycles. The Bertz CT molecular complexity index is 228. The van der Waals surface area contributed by atoms with Crippen molar-refractivity contribution in [3.63, 3.8) is 0 Å². The summed E-state index contributed by atoms with van der Waals surface area (Å²) in [6.45, 7) is 12.1. The lowest BCUT2D eigenvalue weighted by molar-refractivity contribution is 0.263. The molecule has 0 radical (unpaired) electrons. The van der Waals surface area contributed by atoms with E-state index in [2.05, 4.69) is 51.0 Å². The van der Waals surface area contributed by atoms with Crippen molar-refractivity contribution >= 4 is 0 Å². The minimum Gasteiger partial charge on any atom is -0.316 e. The van der Waals surface area contributed by atoms with Crippen molar-refractivity contribution < 1.29 is 0 Å². The molecule has 0 saturated carbocycles. The molecule has 0 heterocycles. The fraction of sp³-hybridized carbons (Fsp3) is 0.929. The summed E-state index contributed by atoms with van der Waals surface area (Å²) < 4.78 is 0. The second-order valence-electron chi connectivity index (χ2n) is 5.93. The molecule has 0 saturated heterocycles. The number of nitrogens with zero attached hydrogens (tertiary/aromatic N) is 2. The van der Waals surface area contributed by atoms with Crippen LogP contribution in [0.25, 0.3) is 0 Å². The Morgan fingerprint density at radius 2 is 2.00 bits per heavy atom. The van der Waals surface area contributed by atoms with Gasteiger partial charge in [0.1, 0.15) is 0 Å². The van der Waals surface area contributed by atoms with Gasteiger partial charge in [-0.3, -0.25) is 0 Å². The molecule has 0 aromatic rings. The molecule has 17 heavy (non-hydrogen) atoms. The summed E-state index contributed by atoms with van der Waals surface area (Å²) in [5.74, 6) is 0. The van der Waals surface area contributed by atoms with Crippen LogP contribution in [0.4, 0.5) is 0 Å². The first kappa shape index (κ1) is 16.4. The quantitative estimate of drug-likeness (QED) is 0.629. The van der Waals surface area contributed by atoms with E-state index in [4.69, 9.17) is 5.26 Å². The van der Waals surface area contributed by atoms with Gasteiger partial charge in [-0.1, -0.05) is 13.8 Å². The maximum absolute atomic E-state index is 8.58. The van der Waals surface area contributed by atoms with Gasteiger partial charge in [0.25, 0.3) is 0 Å². The van der Waals surface area contributed by atoms with Crippen molar-refractivity contribution in [1.29, 1.82) is 5.26 Å². The lowest BCUT2D eigenvalue weighted by atomic mass is 9.88. The fourth-order valence-corrected chi connectivity index (χ4v) is 1.62. The van der Waals surface area contributed by atoms with E-state index in [9.17, 15) is 0 Å². The third kappa shape index (κ3) is 9.14. The maximum Gasteiger partial charge on any atom is 0.0621 e. The molecule has 100 valence electrons. The molecule has 0 aliphatic heterocycles. The Kier molecular flexibility index (Phi) is 8.20. The molecule has 0 aromatic heterocycles. The smallest absolute Gasteiger partial charge is 0.0621 e. The number of rotatable bonds is 9. The molecule has 0 unspecified atom stereocenters. The van der Waals surface area contributed by atoms with Crippen LogP contribution in [-0.4, -0.2) is 37.6 Å². The maximum atomic E-state index is 8.58. The van der Waals surface area contributed by atoms with Crippen molar-refractivity contribution in [2.24, 2.45) is 5.41 Å².